The van der Waals surface area contributed by atoms with Crippen LogP contribution in [0.15, 0.2) is 59.3 Å². The summed E-state index contributed by atoms with van der Waals surface area (Å²) in [5.74, 6) is 1.22. The van der Waals surface area contributed by atoms with Gasteiger partial charge in [-0.05, 0) is 31.5 Å². The Morgan fingerprint density at radius 1 is 1.00 bits per heavy atom. The van der Waals surface area contributed by atoms with Crippen LogP contribution >= 0.6 is 0 Å². The first kappa shape index (κ1) is 17.6. The Morgan fingerprint density at radius 3 is 2.52 bits per heavy atom. The van der Waals surface area contributed by atoms with Gasteiger partial charge in [0, 0.05) is 25.2 Å². The summed E-state index contributed by atoms with van der Waals surface area (Å²) in [6, 6.07) is 16.0. The number of nitrogens with zero attached hydrogens (tertiary/aromatic N) is 5. The van der Waals surface area contributed by atoms with Gasteiger partial charge in [-0.1, -0.05) is 41.6 Å². The fraction of sp³-hybridized carbons (Fsp3) is 0.273. The normalized spacial score (nSPS) is 19.2. The van der Waals surface area contributed by atoms with Crippen molar-refractivity contribution < 1.29 is 9.32 Å². The summed E-state index contributed by atoms with van der Waals surface area (Å²) in [5.41, 5.74) is 3.28. The summed E-state index contributed by atoms with van der Waals surface area (Å²) in [5, 5.41) is 3.96. The van der Waals surface area contributed by atoms with E-state index in [4.69, 9.17) is 4.52 Å². The van der Waals surface area contributed by atoms with E-state index in [0.717, 1.165) is 11.3 Å². The highest BCUT2D eigenvalue weighted by Crippen LogP contribution is 2.39. The lowest BCUT2D eigenvalue weighted by atomic mass is 9.89. The number of hydrogen-bond acceptors (Lipinski definition) is 5. The van der Waals surface area contributed by atoms with Crippen LogP contribution in [0.3, 0.4) is 0 Å². The van der Waals surface area contributed by atoms with Crippen molar-refractivity contribution in [2.75, 3.05) is 13.1 Å². The lowest BCUT2D eigenvalue weighted by Gasteiger charge is -2.17. The van der Waals surface area contributed by atoms with Gasteiger partial charge in [-0.15, -0.1) is 0 Å². The zero-order valence-electron chi connectivity index (χ0n) is 16.3. The zero-order valence-corrected chi connectivity index (χ0v) is 16.3. The molecule has 5 rings (SSSR count). The van der Waals surface area contributed by atoms with Crippen molar-refractivity contribution in [3.63, 3.8) is 0 Å². The number of amides is 1. The summed E-state index contributed by atoms with van der Waals surface area (Å²) in [6.07, 6.45) is 1.88. The van der Waals surface area contributed by atoms with Crippen molar-refractivity contribution in [1.82, 2.24) is 24.4 Å². The van der Waals surface area contributed by atoms with Crippen LogP contribution in [0.5, 0.6) is 0 Å². The summed E-state index contributed by atoms with van der Waals surface area (Å²) in [4.78, 5) is 24.4. The molecule has 0 aliphatic carbocycles. The van der Waals surface area contributed by atoms with Gasteiger partial charge < -0.3 is 9.42 Å². The Labute approximate surface area is 168 Å². The first-order chi connectivity index (χ1) is 14.1. The molecule has 1 amide bonds. The molecule has 0 saturated carbocycles. The van der Waals surface area contributed by atoms with Crippen LogP contribution in [-0.4, -0.2) is 43.4 Å². The topological polar surface area (TPSA) is 76.5 Å². The number of benzene rings is 1. The van der Waals surface area contributed by atoms with Gasteiger partial charge in [0.1, 0.15) is 11.3 Å². The zero-order chi connectivity index (χ0) is 20.0. The van der Waals surface area contributed by atoms with Crippen molar-refractivity contribution in [3.05, 3.63) is 83.4 Å². The van der Waals surface area contributed by atoms with Crippen LogP contribution in [0.4, 0.5) is 0 Å². The summed E-state index contributed by atoms with van der Waals surface area (Å²) in [6.45, 7) is 4.81. The molecular weight excluding hydrogens is 366 g/mol. The molecule has 146 valence electrons. The van der Waals surface area contributed by atoms with Crippen LogP contribution in [-0.2, 0) is 0 Å². The first-order valence-corrected chi connectivity index (χ1v) is 9.70. The van der Waals surface area contributed by atoms with Crippen LogP contribution < -0.4 is 0 Å². The van der Waals surface area contributed by atoms with Gasteiger partial charge in [0.25, 0.3) is 5.91 Å². The highest BCUT2D eigenvalue weighted by Gasteiger charge is 2.41. The Morgan fingerprint density at radius 2 is 1.76 bits per heavy atom. The number of aryl methyl sites for hydroxylation is 2. The Hall–Kier alpha value is -3.48. The number of hydrogen-bond donors (Lipinski definition) is 0. The maximum Gasteiger partial charge on any atom is 0.272 e. The molecule has 4 heterocycles. The van der Waals surface area contributed by atoms with Gasteiger partial charge in [-0.3, -0.25) is 9.20 Å². The van der Waals surface area contributed by atoms with E-state index >= 15 is 0 Å². The molecule has 1 saturated heterocycles. The van der Waals surface area contributed by atoms with E-state index < -0.39 is 0 Å². The third kappa shape index (κ3) is 2.99. The molecule has 0 radical (unpaired) electrons. The van der Waals surface area contributed by atoms with E-state index in [1.165, 1.54) is 5.56 Å². The highest BCUT2D eigenvalue weighted by atomic mass is 16.5. The van der Waals surface area contributed by atoms with E-state index in [-0.39, 0.29) is 17.7 Å². The average Bonchev–Trinajstić information content (AvgIpc) is 3.44. The molecule has 0 bridgehead atoms. The lowest BCUT2D eigenvalue weighted by molar-refractivity contribution is 0.0780. The molecule has 0 spiro atoms. The number of carbonyl (C=O) groups is 1. The van der Waals surface area contributed by atoms with Crippen LogP contribution in [0.2, 0.25) is 0 Å². The van der Waals surface area contributed by atoms with Gasteiger partial charge in [0.15, 0.2) is 5.82 Å². The predicted octanol–water partition coefficient (Wildman–Crippen LogP) is 3.36. The van der Waals surface area contributed by atoms with E-state index in [1.54, 1.807) is 0 Å². The number of pyridine rings is 1. The second-order valence-corrected chi connectivity index (χ2v) is 7.49. The molecule has 7 heteroatoms. The van der Waals surface area contributed by atoms with E-state index in [1.807, 2.05) is 65.7 Å². The number of carbonyl (C=O) groups excluding carboxylic acids is 1. The van der Waals surface area contributed by atoms with E-state index in [0.29, 0.717) is 30.5 Å². The molecule has 1 fully saturated rings. The SMILES string of the molecule is Cc1noc([C@H]2CN(C(=O)c3c(C)nc4ccccn34)C[C@H]2c2ccccc2)n1. The molecule has 0 N–H and O–H groups in total. The minimum atomic E-state index is -0.0398. The number of fused-ring (bicyclic) bond motifs is 1. The Kier molecular flexibility index (Phi) is 4.16. The van der Waals surface area contributed by atoms with Crippen molar-refractivity contribution in [2.45, 2.75) is 25.7 Å². The lowest BCUT2D eigenvalue weighted by Crippen LogP contribution is -2.30. The van der Waals surface area contributed by atoms with Gasteiger partial charge in [0.2, 0.25) is 5.89 Å². The quantitative estimate of drug-likeness (QED) is 0.539. The van der Waals surface area contributed by atoms with Crippen molar-refractivity contribution in [2.24, 2.45) is 0 Å². The van der Waals surface area contributed by atoms with Crippen LogP contribution in [0, 0.1) is 13.8 Å². The van der Waals surface area contributed by atoms with Crippen LogP contribution in [0.25, 0.3) is 5.65 Å². The third-order valence-corrected chi connectivity index (χ3v) is 5.60. The van der Waals surface area contributed by atoms with E-state index in [2.05, 4.69) is 27.3 Å². The number of rotatable bonds is 3. The van der Waals surface area contributed by atoms with Crippen molar-refractivity contribution in [1.29, 1.82) is 0 Å². The third-order valence-electron chi connectivity index (χ3n) is 5.60. The molecule has 29 heavy (non-hydrogen) atoms. The van der Waals surface area contributed by atoms with Gasteiger partial charge in [-0.25, -0.2) is 4.98 Å². The molecule has 4 aromatic rings. The van der Waals surface area contributed by atoms with Gasteiger partial charge in [0.05, 0.1) is 11.6 Å². The van der Waals surface area contributed by atoms with Crippen molar-refractivity contribution in [3.8, 4) is 0 Å². The molecule has 3 aromatic heterocycles. The smallest absolute Gasteiger partial charge is 0.272 e. The van der Waals surface area contributed by atoms with Crippen LogP contribution in [0.1, 0.15) is 45.3 Å². The van der Waals surface area contributed by atoms with E-state index in [9.17, 15) is 4.79 Å². The molecule has 1 aliphatic heterocycles. The number of imidazole rings is 1. The highest BCUT2D eigenvalue weighted by molar-refractivity contribution is 5.95. The molecule has 1 aliphatic rings. The minimum Gasteiger partial charge on any atom is -0.339 e. The minimum absolute atomic E-state index is 0.0270. The average molecular weight is 387 g/mol. The predicted molar refractivity (Wildman–Crippen MR) is 107 cm³/mol. The van der Waals surface area contributed by atoms with Crippen molar-refractivity contribution >= 4 is 11.6 Å². The molecule has 2 atom stereocenters. The Bertz CT molecular complexity index is 1180. The summed E-state index contributed by atoms with van der Waals surface area (Å²) in [7, 11) is 0. The maximum absolute atomic E-state index is 13.5. The molecule has 7 nitrogen and oxygen atoms in total. The summed E-state index contributed by atoms with van der Waals surface area (Å²) >= 11 is 0. The fourth-order valence-electron chi connectivity index (χ4n) is 4.24. The Balaban J connectivity index is 1.52. The first-order valence-electron chi connectivity index (χ1n) is 9.70. The molecule has 1 aromatic carbocycles. The molecule has 0 unspecified atom stereocenters. The maximum atomic E-state index is 13.5. The number of aromatic nitrogens is 4. The fourth-order valence-corrected chi connectivity index (χ4v) is 4.24. The van der Waals surface area contributed by atoms with Gasteiger partial charge >= 0.3 is 0 Å². The van der Waals surface area contributed by atoms with Gasteiger partial charge in [-0.2, -0.15) is 4.98 Å². The largest absolute Gasteiger partial charge is 0.339 e. The molecular formula is C22H21N5O2. The monoisotopic (exact) mass is 387 g/mol. The summed E-state index contributed by atoms with van der Waals surface area (Å²) < 4.78 is 7.36. The number of likely N-dealkylation sites (tertiary alicyclic amines) is 1. The second kappa shape index (κ2) is 6.84. The second-order valence-electron chi connectivity index (χ2n) is 7.49. The standard InChI is InChI=1S/C22H21N5O2/c1-14-20(27-11-7-6-10-19(27)23-14)22(28)26-12-17(16-8-4-3-5-9-16)18(13-26)21-24-15(2)25-29-21/h3-11,17-18H,12-13H2,1-2H3/t17-,18-/m0/s1.